The Morgan fingerprint density at radius 3 is 2.86 bits per heavy atom. The molecule has 1 aromatic heterocycles. The van der Waals surface area contributed by atoms with Gasteiger partial charge in [0, 0.05) is 22.7 Å². The third kappa shape index (κ3) is 3.97. The highest BCUT2D eigenvalue weighted by atomic mass is 79.9. The summed E-state index contributed by atoms with van der Waals surface area (Å²) >= 11 is 9.32. The average molecular weight is 277 g/mol. The maximum absolute atomic E-state index is 5.90. The lowest BCUT2D eigenvalue weighted by molar-refractivity contribution is 0.527. The standard InChI is InChI=1S/C11H15BrClN/c1-2-3-9(6-13)4-10-5-11(12)8-14-7-10/h5,7-9H,2-4,6H2,1H3. The van der Waals surface area contributed by atoms with E-state index in [2.05, 4.69) is 33.9 Å². The number of halogens is 2. The number of nitrogens with zero attached hydrogens (tertiary/aromatic N) is 1. The van der Waals surface area contributed by atoms with Gasteiger partial charge in [0.1, 0.15) is 0 Å². The molecule has 0 aromatic carbocycles. The van der Waals surface area contributed by atoms with Gasteiger partial charge >= 0.3 is 0 Å². The van der Waals surface area contributed by atoms with Crippen LogP contribution in [0.4, 0.5) is 0 Å². The summed E-state index contributed by atoms with van der Waals surface area (Å²) in [5.74, 6) is 1.32. The molecule has 1 aromatic rings. The van der Waals surface area contributed by atoms with Crippen molar-refractivity contribution in [2.45, 2.75) is 26.2 Å². The molecule has 0 N–H and O–H groups in total. The Morgan fingerprint density at radius 1 is 1.50 bits per heavy atom. The first-order valence-corrected chi connectivity index (χ1v) is 6.24. The first-order valence-electron chi connectivity index (χ1n) is 4.91. The van der Waals surface area contributed by atoms with Gasteiger partial charge in [-0.2, -0.15) is 0 Å². The monoisotopic (exact) mass is 275 g/mol. The Kier molecular flexibility index (Phi) is 5.49. The Hall–Kier alpha value is -0.0800. The fourth-order valence-electron chi connectivity index (χ4n) is 1.54. The first kappa shape index (κ1) is 12.0. The Bertz CT molecular complexity index is 278. The van der Waals surface area contributed by atoms with Crippen molar-refractivity contribution in [3.05, 3.63) is 28.5 Å². The zero-order valence-electron chi connectivity index (χ0n) is 8.34. The van der Waals surface area contributed by atoms with E-state index in [-0.39, 0.29) is 0 Å². The Balaban J connectivity index is 2.57. The van der Waals surface area contributed by atoms with Crippen molar-refractivity contribution in [3.63, 3.8) is 0 Å². The van der Waals surface area contributed by atoms with Crippen molar-refractivity contribution in [2.24, 2.45) is 5.92 Å². The van der Waals surface area contributed by atoms with Crippen LogP contribution in [0.15, 0.2) is 22.9 Å². The zero-order chi connectivity index (χ0) is 10.4. The van der Waals surface area contributed by atoms with Crippen molar-refractivity contribution in [3.8, 4) is 0 Å². The van der Waals surface area contributed by atoms with E-state index in [0.717, 1.165) is 16.8 Å². The molecule has 0 saturated heterocycles. The third-order valence-corrected chi connectivity index (χ3v) is 3.07. The molecule has 1 heterocycles. The first-order chi connectivity index (χ1) is 6.76. The zero-order valence-corrected chi connectivity index (χ0v) is 10.7. The summed E-state index contributed by atoms with van der Waals surface area (Å²) in [6.45, 7) is 2.19. The second-order valence-corrected chi connectivity index (χ2v) is 4.75. The van der Waals surface area contributed by atoms with Gasteiger partial charge in [0.25, 0.3) is 0 Å². The number of rotatable bonds is 5. The van der Waals surface area contributed by atoms with E-state index in [1.807, 2.05) is 6.20 Å². The molecular formula is C11H15BrClN. The molecule has 0 aliphatic heterocycles. The SMILES string of the molecule is CCCC(CCl)Cc1cncc(Br)c1. The van der Waals surface area contributed by atoms with Crippen LogP contribution < -0.4 is 0 Å². The predicted molar refractivity (Wildman–Crippen MR) is 64.8 cm³/mol. The van der Waals surface area contributed by atoms with Gasteiger partial charge in [0.2, 0.25) is 0 Å². The van der Waals surface area contributed by atoms with Crippen molar-refractivity contribution >= 4 is 27.5 Å². The summed E-state index contributed by atoms with van der Waals surface area (Å²) in [6, 6.07) is 2.11. The van der Waals surface area contributed by atoms with Gasteiger partial charge < -0.3 is 0 Å². The smallest absolute Gasteiger partial charge is 0.0410 e. The molecule has 0 fully saturated rings. The van der Waals surface area contributed by atoms with Crippen molar-refractivity contribution in [2.75, 3.05) is 5.88 Å². The molecule has 1 atom stereocenters. The van der Waals surface area contributed by atoms with E-state index in [0.29, 0.717) is 5.92 Å². The minimum atomic E-state index is 0.581. The lowest BCUT2D eigenvalue weighted by atomic mass is 9.98. The van der Waals surface area contributed by atoms with Crippen LogP contribution in [-0.4, -0.2) is 10.9 Å². The topological polar surface area (TPSA) is 12.9 Å². The van der Waals surface area contributed by atoms with Gasteiger partial charge in [-0.1, -0.05) is 13.3 Å². The minimum Gasteiger partial charge on any atom is -0.263 e. The summed E-state index contributed by atoms with van der Waals surface area (Å²) in [4.78, 5) is 4.14. The normalized spacial score (nSPS) is 12.8. The molecule has 1 unspecified atom stereocenters. The van der Waals surface area contributed by atoms with Crippen molar-refractivity contribution < 1.29 is 0 Å². The van der Waals surface area contributed by atoms with E-state index in [4.69, 9.17) is 11.6 Å². The van der Waals surface area contributed by atoms with Crippen molar-refractivity contribution in [1.82, 2.24) is 4.98 Å². The van der Waals surface area contributed by atoms with Gasteiger partial charge in [-0.25, -0.2) is 0 Å². The maximum Gasteiger partial charge on any atom is 0.0410 e. The quantitative estimate of drug-likeness (QED) is 0.740. The minimum absolute atomic E-state index is 0.581. The van der Waals surface area contributed by atoms with Crippen LogP contribution in [0, 0.1) is 5.92 Å². The highest BCUT2D eigenvalue weighted by Crippen LogP contribution is 2.17. The van der Waals surface area contributed by atoms with Crippen LogP contribution in [0.5, 0.6) is 0 Å². The van der Waals surface area contributed by atoms with Gasteiger partial charge in [-0.3, -0.25) is 4.98 Å². The molecule has 0 spiro atoms. The highest BCUT2D eigenvalue weighted by molar-refractivity contribution is 9.10. The summed E-state index contributed by atoms with van der Waals surface area (Å²) < 4.78 is 1.04. The van der Waals surface area contributed by atoms with Gasteiger partial charge in [0.05, 0.1) is 0 Å². The number of hydrogen-bond acceptors (Lipinski definition) is 1. The summed E-state index contributed by atoms with van der Waals surface area (Å²) in [5, 5.41) is 0. The van der Waals surface area contributed by atoms with E-state index >= 15 is 0 Å². The molecule has 0 aliphatic rings. The van der Waals surface area contributed by atoms with Crippen LogP contribution in [0.25, 0.3) is 0 Å². The lowest BCUT2D eigenvalue weighted by Gasteiger charge is -2.12. The van der Waals surface area contributed by atoms with E-state index in [9.17, 15) is 0 Å². The van der Waals surface area contributed by atoms with Gasteiger partial charge in [0.15, 0.2) is 0 Å². The lowest BCUT2D eigenvalue weighted by Crippen LogP contribution is -2.06. The molecular weight excluding hydrogens is 261 g/mol. The fourth-order valence-corrected chi connectivity index (χ4v) is 2.22. The van der Waals surface area contributed by atoms with E-state index in [1.165, 1.54) is 18.4 Å². The number of hydrogen-bond donors (Lipinski definition) is 0. The van der Waals surface area contributed by atoms with Crippen LogP contribution in [0.3, 0.4) is 0 Å². The molecule has 3 heteroatoms. The maximum atomic E-state index is 5.90. The number of alkyl halides is 1. The van der Waals surface area contributed by atoms with E-state index < -0.39 is 0 Å². The second-order valence-electron chi connectivity index (χ2n) is 3.52. The molecule has 1 rings (SSSR count). The molecule has 1 nitrogen and oxygen atoms in total. The molecule has 78 valence electrons. The number of pyridine rings is 1. The molecule has 0 saturated carbocycles. The predicted octanol–water partition coefficient (Wildman–Crippen LogP) is 4.04. The van der Waals surface area contributed by atoms with Crippen LogP contribution >= 0.6 is 27.5 Å². The molecule has 0 aliphatic carbocycles. The van der Waals surface area contributed by atoms with Crippen LogP contribution in [0.1, 0.15) is 25.3 Å². The third-order valence-electron chi connectivity index (χ3n) is 2.20. The molecule has 0 bridgehead atoms. The van der Waals surface area contributed by atoms with Crippen LogP contribution in [-0.2, 0) is 6.42 Å². The van der Waals surface area contributed by atoms with E-state index in [1.54, 1.807) is 6.20 Å². The highest BCUT2D eigenvalue weighted by Gasteiger charge is 2.07. The Morgan fingerprint density at radius 2 is 2.29 bits per heavy atom. The summed E-state index contributed by atoms with van der Waals surface area (Å²) in [5.41, 5.74) is 1.26. The molecule has 14 heavy (non-hydrogen) atoms. The second kappa shape index (κ2) is 6.41. The van der Waals surface area contributed by atoms with Gasteiger partial charge in [-0.15, -0.1) is 11.6 Å². The van der Waals surface area contributed by atoms with Crippen molar-refractivity contribution in [1.29, 1.82) is 0 Å². The van der Waals surface area contributed by atoms with Crippen LogP contribution in [0.2, 0.25) is 0 Å². The molecule has 0 amide bonds. The fraction of sp³-hybridized carbons (Fsp3) is 0.545. The molecule has 0 radical (unpaired) electrons. The average Bonchev–Trinajstić information content (AvgIpc) is 2.17. The summed E-state index contributed by atoms with van der Waals surface area (Å²) in [6.07, 6.45) is 7.14. The number of aromatic nitrogens is 1. The Labute approximate surface area is 99.0 Å². The van der Waals surface area contributed by atoms with Gasteiger partial charge in [-0.05, 0) is 46.3 Å². The summed E-state index contributed by atoms with van der Waals surface area (Å²) in [7, 11) is 0. The largest absolute Gasteiger partial charge is 0.263 e.